The van der Waals surface area contributed by atoms with Gasteiger partial charge in [0.05, 0.1) is 0 Å². The van der Waals surface area contributed by atoms with E-state index in [0.717, 1.165) is 18.1 Å². The van der Waals surface area contributed by atoms with Crippen LogP contribution in [0.4, 0.5) is 11.6 Å². The lowest BCUT2D eigenvalue weighted by Crippen LogP contribution is -2.25. The van der Waals surface area contributed by atoms with Crippen molar-refractivity contribution in [2.24, 2.45) is 5.92 Å². The molecule has 1 heterocycles. The number of rotatable bonds is 4. The first kappa shape index (κ1) is 14.7. The summed E-state index contributed by atoms with van der Waals surface area (Å²) in [5, 5.41) is 3.41. The van der Waals surface area contributed by atoms with Crippen molar-refractivity contribution >= 4 is 11.6 Å². The van der Waals surface area contributed by atoms with Gasteiger partial charge in [-0.15, -0.1) is 0 Å². The monoisotopic (exact) mass is 250 g/mol. The lowest BCUT2D eigenvalue weighted by Gasteiger charge is -2.22. The van der Waals surface area contributed by atoms with Gasteiger partial charge in [-0.1, -0.05) is 41.0 Å². The van der Waals surface area contributed by atoms with Crippen molar-refractivity contribution in [3.05, 3.63) is 11.9 Å². The zero-order chi connectivity index (χ0) is 13.9. The standard InChI is InChI=1S/C14H26N4/c1-7-9(2)10(3)16-12-8-11(15)17-13(18-12)14(4,5)6/h8-10H,7H2,1-6H3,(H3,15,16,17,18). The highest BCUT2D eigenvalue weighted by Crippen LogP contribution is 2.22. The first-order valence-corrected chi connectivity index (χ1v) is 6.65. The molecule has 4 heteroatoms. The van der Waals surface area contributed by atoms with Gasteiger partial charge in [0.15, 0.2) is 0 Å². The van der Waals surface area contributed by atoms with Crippen LogP contribution in [0, 0.1) is 5.92 Å². The topological polar surface area (TPSA) is 63.8 Å². The lowest BCUT2D eigenvalue weighted by molar-refractivity contribution is 0.491. The molecule has 0 fully saturated rings. The average Bonchev–Trinajstić information content (AvgIpc) is 2.25. The Kier molecular flexibility index (Phi) is 4.54. The van der Waals surface area contributed by atoms with Crippen LogP contribution in [-0.4, -0.2) is 16.0 Å². The van der Waals surface area contributed by atoms with Crippen LogP contribution in [0.3, 0.4) is 0 Å². The molecule has 18 heavy (non-hydrogen) atoms. The van der Waals surface area contributed by atoms with E-state index in [4.69, 9.17) is 5.73 Å². The van der Waals surface area contributed by atoms with Crippen molar-refractivity contribution in [3.8, 4) is 0 Å². The summed E-state index contributed by atoms with van der Waals surface area (Å²) < 4.78 is 0. The number of hydrogen-bond acceptors (Lipinski definition) is 4. The Morgan fingerprint density at radius 3 is 2.39 bits per heavy atom. The van der Waals surface area contributed by atoms with Crippen molar-refractivity contribution in [2.45, 2.75) is 59.4 Å². The van der Waals surface area contributed by atoms with Crippen LogP contribution >= 0.6 is 0 Å². The van der Waals surface area contributed by atoms with Crippen LogP contribution in [0.5, 0.6) is 0 Å². The summed E-state index contributed by atoms with van der Waals surface area (Å²) in [6.07, 6.45) is 1.14. The molecule has 1 aromatic heterocycles. The molecule has 0 aliphatic rings. The number of hydrogen-bond donors (Lipinski definition) is 2. The molecule has 1 aromatic rings. The highest BCUT2D eigenvalue weighted by Gasteiger charge is 2.19. The van der Waals surface area contributed by atoms with Gasteiger partial charge < -0.3 is 11.1 Å². The Morgan fingerprint density at radius 2 is 1.89 bits per heavy atom. The largest absolute Gasteiger partial charge is 0.384 e. The van der Waals surface area contributed by atoms with E-state index >= 15 is 0 Å². The quantitative estimate of drug-likeness (QED) is 0.861. The lowest BCUT2D eigenvalue weighted by atomic mass is 9.95. The third kappa shape index (κ3) is 3.86. The van der Waals surface area contributed by atoms with E-state index in [0.29, 0.717) is 17.8 Å². The Balaban J connectivity index is 2.94. The maximum Gasteiger partial charge on any atom is 0.138 e. The summed E-state index contributed by atoms with van der Waals surface area (Å²) >= 11 is 0. The Morgan fingerprint density at radius 1 is 1.28 bits per heavy atom. The van der Waals surface area contributed by atoms with Crippen LogP contribution in [0.1, 0.15) is 53.8 Å². The number of nitrogens with zero attached hydrogens (tertiary/aromatic N) is 2. The van der Waals surface area contributed by atoms with Gasteiger partial charge in [0.1, 0.15) is 17.5 Å². The SMILES string of the molecule is CCC(C)C(C)Nc1cc(N)nc(C(C)(C)C)n1. The number of anilines is 2. The van der Waals surface area contributed by atoms with Crippen LogP contribution in [0.25, 0.3) is 0 Å². The maximum absolute atomic E-state index is 5.85. The maximum atomic E-state index is 5.85. The first-order valence-electron chi connectivity index (χ1n) is 6.65. The fraction of sp³-hybridized carbons (Fsp3) is 0.714. The summed E-state index contributed by atoms with van der Waals surface area (Å²) in [6.45, 7) is 12.9. The second kappa shape index (κ2) is 5.55. The molecule has 3 N–H and O–H groups in total. The Labute approximate surface area is 110 Å². The molecule has 2 atom stereocenters. The van der Waals surface area contributed by atoms with Gasteiger partial charge in [-0.2, -0.15) is 0 Å². The molecule has 1 rings (SSSR count). The smallest absolute Gasteiger partial charge is 0.138 e. The number of aromatic nitrogens is 2. The van der Waals surface area contributed by atoms with Crippen LogP contribution < -0.4 is 11.1 Å². The summed E-state index contributed by atoms with van der Waals surface area (Å²) in [7, 11) is 0. The van der Waals surface area contributed by atoms with Crippen LogP contribution in [-0.2, 0) is 5.41 Å². The first-order chi connectivity index (χ1) is 8.24. The second-order valence-electron chi connectivity index (χ2n) is 6.07. The van der Waals surface area contributed by atoms with Gasteiger partial charge >= 0.3 is 0 Å². The van der Waals surface area contributed by atoms with Gasteiger partial charge in [-0.3, -0.25) is 0 Å². The highest BCUT2D eigenvalue weighted by atomic mass is 15.1. The van der Waals surface area contributed by atoms with E-state index in [1.54, 1.807) is 6.07 Å². The molecule has 0 aliphatic carbocycles. The molecule has 4 nitrogen and oxygen atoms in total. The predicted molar refractivity (Wildman–Crippen MR) is 77.7 cm³/mol. The molecule has 102 valence electrons. The number of nitrogen functional groups attached to an aromatic ring is 1. The fourth-order valence-electron chi connectivity index (χ4n) is 1.60. The van der Waals surface area contributed by atoms with Crippen molar-refractivity contribution in [3.63, 3.8) is 0 Å². The summed E-state index contributed by atoms with van der Waals surface area (Å²) in [5.74, 6) is 2.72. The Bertz CT molecular complexity index is 395. The van der Waals surface area contributed by atoms with Gasteiger partial charge in [-0.05, 0) is 12.8 Å². The molecule has 0 spiro atoms. The molecule has 0 saturated heterocycles. The molecule has 0 aliphatic heterocycles. The van der Waals surface area contributed by atoms with Crippen molar-refractivity contribution in [2.75, 3.05) is 11.1 Å². The minimum Gasteiger partial charge on any atom is -0.384 e. The van der Waals surface area contributed by atoms with Crippen LogP contribution in [0.2, 0.25) is 0 Å². The van der Waals surface area contributed by atoms with Gasteiger partial charge in [0.25, 0.3) is 0 Å². The molecule has 0 amide bonds. The molecular weight excluding hydrogens is 224 g/mol. The molecule has 2 unspecified atom stereocenters. The van der Waals surface area contributed by atoms with E-state index in [-0.39, 0.29) is 5.41 Å². The van der Waals surface area contributed by atoms with Gasteiger partial charge in [0, 0.05) is 17.5 Å². The minimum absolute atomic E-state index is 0.0918. The van der Waals surface area contributed by atoms with Gasteiger partial charge in [0.2, 0.25) is 0 Å². The zero-order valence-electron chi connectivity index (χ0n) is 12.4. The normalized spacial score (nSPS) is 15.2. The summed E-state index contributed by atoms with van der Waals surface area (Å²) in [4.78, 5) is 8.86. The molecule has 0 radical (unpaired) electrons. The molecular formula is C14H26N4. The van der Waals surface area contributed by atoms with E-state index < -0.39 is 0 Å². The summed E-state index contributed by atoms with van der Waals surface area (Å²) in [6, 6.07) is 2.17. The average molecular weight is 250 g/mol. The molecule has 0 aromatic carbocycles. The highest BCUT2D eigenvalue weighted by molar-refractivity contribution is 5.45. The van der Waals surface area contributed by atoms with Crippen molar-refractivity contribution < 1.29 is 0 Å². The Hall–Kier alpha value is -1.32. The predicted octanol–water partition coefficient (Wildman–Crippen LogP) is 3.20. The third-order valence-corrected chi connectivity index (χ3v) is 3.29. The zero-order valence-corrected chi connectivity index (χ0v) is 12.4. The fourth-order valence-corrected chi connectivity index (χ4v) is 1.60. The third-order valence-electron chi connectivity index (χ3n) is 3.29. The van der Waals surface area contributed by atoms with E-state index in [2.05, 4.69) is 56.8 Å². The van der Waals surface area contributed by atoms with E-state index in [1.165, 1.54) is 0 Å². The number of nitrogens with one attached hydrogen (secondary N) is 1. The van der Waals surface area contributed by atoms with Gasteiger partial charge in [-0.25, -0.2) is 9.97 Å². The molecule has 0 saturated carbocycles. The van der Waals surface area contributed by atoms with Crippen molar-refractivity contribution in [1.29, 1.82) is 0 Å². The molecule has 0 bridgehead atoms. The summed E-state index contributed by atoms with van der Waals surface area (Å²) in [5.41, 5.74) is 5.76. The second-order valence-corrected chi connectivity index (χ2v) is 6.07. The number of nitrogens with two attached hydrogens (primary N) is 1. The van der Waals surface area contributed by atoms with E-state index in [9.17, 15) is 0 Å². The van der Waals surface area contributed by atoms with Crippen LogP contribution in [0.15, 0.2) is 6.07 Å². The van der Waals surface area contributed by atoms with Crippen molar-refractivity contribution in [1.82, 2.24) is 9.97 Å². The van der Waals surface area contributed by atoms with E-state index in [1.807, 2.05) is 0 Å². The minimum atomic E-state index is -0.0918.